The monoisotopic (exact) mass is 328 g/mol. The molecule has 1 fully saturated rings. The molecule has 1 heterocycles. The molecule has 0 saturated carbocycles. The normalized spacial score (nSPS) is 21.5. The van der Waals surface area contributed by atoms with Crippen LogP contribution in [0.2, 0.25) is 0 Å². The fourth-order valence-electron chi connectivity index (χ4n) is 2.58. The van der Waals surface area contributed by atoms with Gasteiger partial charge < -0.3 is 4.74 Å². The summed E-state index contributed by atoms with van der Waals surface area (Å²) in [6.45, 7) is 7.29. The van der Waals surface area contributed by atoms with Gasteiger partial charge in [0, 0.05) is 19.5 Å². The van der Waals surface area contributed by atoms with Crippen molar-refractivity contribution in [1.82, 2.24) is 9.96 Å². The van der Waals surface area contributed by atoms with Crippen molar-refractivity contribution in [3.63, 3.8) is 0 Å². The van der Waals surface area contributed by atoms with E-state index in [-0.39, 0.29) is 18.2 Å². The summed E-state index contributed by atoms with van der Waals surface area (Å²) in [5.41, 5.74) is -0.696. The maximum absolute atomic E-state index is 12.5. The maximum atomic E-state index is 12.5. The van der Waals surface area contributed by atoms with E-state index in [0.29, 0.717) is 6.42 Å². The summed E-state index contributed by atoms with van der Waals surface area (Å²) in [5, 5.41) is 0.974. The molecule has 2 amide bonds. The minimum absolute atomic E-state index is 0.174. The first-order chi connectivity index (χ1) is 10.6. The number of rotatable bonds is 5. The molecule has 1 aliphatic rings. The van der Waals surface area contributed by atoms with Gasteiger partial charge in [0.05, 0.1) is 7.11 Å². The smallest absolute Gasteiger partial charge is 0.411 e. The molecule has 7 nitrogen and oxygen atoms in total. The molecule has 23 heavy (non-hydrogen) atoms. The lowest BCUT2D eigenvalue weighted by Gasteiger charge is -2.32. The van der Waals surface area contributed by atoms with Gasteiger partial charge in [0.15, 0.2) is 11.8 Å². The molecule has 0 aromatic rings. The number of carbonyl (C=O) groups is 3. The second-order valence-electron chi connectivity index (χ2n) is 6.77. The third-order valence-corrected chi connectivity index (χ3v) is 3.73. The van der Waals surface area contributed by atoms with Crippen LogP contribution in [0.1, 0.15) is 53.4 Å². The topological polar surface area (TPSA) is 76.2 Å². The summed E-state index contributed by atoms with van der Waals surface area (Å²) in [7, 11) is 2.76. The van der Waals surface area contributed by atoms with E-state index in [1.54, 1.807) is 20.8 Å². The number of likely N-dealkylation sites (N-methyl/N-ethyl adjacent to an activating group) is 1. The lowest BCUT2D eigenvalue weighted by Crippen LogP contribution is -2.52. The fourth-order valence-corrected chi connectivity index (χ4v) is 2.58. The largest absolute Gasteiger partial charge is 0.444 e. The quantitative estimate of drug-likeness (QED) is 0.571. The summed E-state index contributed by atoms with van der Waals surface area (Å²) in [6, 6.07) is -1.48. The van der Waals surface area contributed by atoms with Crippen LogP contribution in [-0.2, 0) is 19.2 Å². The highest BCUT2D eigenvalue weighted by Gasteiger charge is 2.49. The molecule has 1 saturated heterocycles. The number of nitrogens with zero attached hydrogens (tertiary/aromatic N) is 2. The number of amides is 2. The van der Waals surface area contributed by atoms with Crippen LogP contribution in [0.5, 0.6) is 0 Å². The zero-order valence-corrected chi connectivity index (χ0v) is 14.9. The minimum atomic E-state index is -1.17. The molecule has 7 heteroatoms. The van der Waals surface area contributed by atoms with Crippen molar-refractivity contribution in [3.05, 3.63) is 0 Å². The molecule has 0 spiro atoms. The standard InChI is InChI=1S/C16H28N2O5/c1-7-8-9-11-10-12(19)13(14(20)17(5)22-6)18(11)15(21)23-16(2,3)4/h11,13H,7-10H2,1-6H3/t11-,13-/m1/s1. The van der Waals surface area contributed by atoms with Gasteiger partial charge in [-0.2, -0.15) is 0 Å². The number of ketones is 1. The van der Waals surface area contributed by atoms with Crippen molar-refractivity contribution in [2.24, 2.45) is 0 Å². The molecule has 0 aliphatic carbocycles. The van der Waals surface area contributed by atoms with Crippen molar-refractivity contribution in [2.45, 2.75) is 71.1 Å². The van der Waals surface area contributed by atoms with Crippen molar-refractivity contribution < 1.29 is 24.0 Å². The second-order valence-corrected chi connectivity index (χ2v) is 6.77. The number of hydroxylamine groups is 2. The van der Waals surface area contributed by atoms with E-state index in [1.165, 1.54) is 19.1 Å². The molecule has 1 aliphatic heterocycles. The van der Waals surface area contributed by atoms with Crippen LogP contribution in [0, 0.1) is 0 Å². The Morgan fingerprint density at radius 1 is 1.35 bits per heavy atom. The van der Waals surface area contributed by atoms with Crippen LogP contribution < -0.4 is 0 Å². The number of hydrogen-bond donors (Lipinski definition) is 0. The van der Waals surface area contributed by atoms with Crippen LogP contribution in [0.15, 0.2) is 0 Å². The van der Waals surface area contributed by atoms with Crippen LogP contribution in [0.3, 0.4) is 0 Å². The zero-order chi connectivity index (χ0) is 17.8. The van der Waals surface area contributed by atoms with Crippen molar-refractivity contribution in [3.8, 4) is 0 Å². The molecule has 132 valence electrons. The van der Waals surface area contributed by atoms with Crippen LogP contribution in [-0.4, -0.2) is 59.6 Å². The summed E-state index contributed by atoms with van der Waals surface area (Å²) in [6.07, 6.45) is 2.03. The Morgan fingerprint density at radius 2 is 1.96 bits per heavy atom. The Hall–Kier alpha value is -1.63. The lowest BCUT2D eigenvalue weighted by atomic mass is 10.1. The van der Waals surface area contributed by atoms with E-state index < -0.39 is 23.6 Å². The number of carbonyl (C=O) groups excluding carboxylic acids is 3. The van der Waals surface area contributed by atoms with Gasteiger partial charge in [-0.15, -0.1) is 0 Å². The number of hydrogen-bond acceptors (Lipinski definition) is 5. The Morgan fingerprint density at radius 3 is 2.43 bits per heavy atom. The zero-order valence-electron chi connectivity index (χ0n) is 14.9. The first kappa shape index (κ1) is 19.4. The molecular formula is C16H28N2O5. The van der Waals surface area contributed by atoms with Crippen molar-refractivity contribution >= 4 is 17.8 Å². The van der Waals surface area contributed by atoms with Gasteiger partial charge in [-0.3, -0.25) is 19.3 Å². The second kappa shape index (κ2) is 7.77. The Balaban J connectivity index is 3.06. The summed E-state index contributed by atoms with van der Waals surface area (Å²) < 4.78 is 5.40. The van der Waals surface area contributed by atoms with E-state index in [1.807, 2.05) is 6.92 Å². The fraction of sp³-hybridized carbons (Fsp3) is 0.812. The lowest BCUT2D eigenvalue weighted by molar-refractivity contribution is -0.174. The van der Waals surface area contributed by atoms with Crippen molar-refractivity contribution in [2.75, 3.05) is 14.2 Å². The molecule has 2 atom stereocenters. The van der Waals surface area contributed by atoms with Gasteiger partial charge in [-0.1, -0.05) is 19.8 Å². The molecular weight excluding hydrogens is 300 g/mol. The summed E-state index contributed by atoms with van der Waals surface area (Å²) >= 11 is 0. The third kappa shape index (κ3) is 4.92. The number of ether oxygens (including phenoxy) is 1. The first-order valence-corrected chi connectivity index (χ1v) is 7.98. The Labute approximate surface area is 137 Å². The number of Topliss-reactive ketones (excluding diaryl/α,β-unsaturated/α-hetero) is 1. The number of likely N-dealkylation sites (tertiary alicyclic amines) is 1. The van der Waals surface area contributed by atoms with Gasteiger partial charge in [0.1, 0.15) is 5.60 Å². The van der Waals surface area contributed by atoms with Crippen molar-refractivity contribution in [1.29, 1.82) is 0 Å². The average molecular weight is 328 g/mol. The van der Waals surface area contributed by atoms with Crippen LogP contribution in [0.4, 0.5) is 4.79 Å². The molecule has 0 radical (unpaired) electrons. The average Bonchev–Trinajstić information content (AvgIpc) is 2.78. The highest BCUT2D eigenvalue weighted by atomic mass is 16.7. The number of unbranched alkanes of at least 4 members (excludes halogenated alkanes) is 1. The highest BCUT2D eigenvalue weighted by Crippen LogP contribution is 2.28. The summed E-state index contributed by atoms with van der Waals surface area (Å²) in [4.78, 5) is 43.5. The predicted molar refractivity (Wildman–Crippen MR) is 84.6 cm³/mol. The summed E-state index contributed by atoms with van der Waals surface area (Å²) in [5.74, 6) is -0.826. The first-order valence-electron chi connectivity index (χ1n) is 7.98. The molecule has 0 N–H and O–H groups in total. The van der Waals surface area contributed by atoms with Crippen LogP contribution in [0.25, 0.3) is 0 Å². The minimum Gasteiger partial charge on any atom is -0.444 e. The van der Waals surface area contributed by atoms with E-state index in [2.05, 4.69) is 0 Å². The maximum Gasteiger partial charge on any atom is 0.411 e. The van der Waals surface area contributed by atoms with E-state index in [4.69, 9.17) is 9.57 Å². The molecule has 0 aromatic heterocycles. The molecule has 0 unspecified atom stereocenters. The van der Waals surface area contributed by atoms with Crippen LogP contribution >= 0.6 is 0 Å². The van der Waals surface area contributed by atoms with Gasteiger partial charge in [-0.05, 0) is 27.2 Å². The molecule has 0 aromatic carbocycles. The van der Waals surface area contributed by atoms with E-state index in [0.717, 1.165) is 17.9 Å². The Bertz CT molecular complexity index is 458. The van der Waals surface area contributed by atoms with Gasteiger partial charge in [-0.25, -0.2) is 9.86 Å². The van der Waals surface area contributed by atoms with Gasteiger partial charge in [0.25, 0.3) is 5.91 Å². The highest BCUT2D eigenvalue weighted by molar-refractivity contribution is 6.09. The van der Waals surface area contributed by atoms with Gasteiger partial charge >= 0.3 is 6.09 Å². The SMILES string of the molecule is CCCC[C@@H]1CC(=O)[C@H](C(=O)N(C)OC)N1C(=O)OC(C)(C)C. The molecule has 0 bridgehead atoms. The third-order valence-electron chi connectivity index (χ3n) is 3.73. The van der Waals surface area contributed by atoms with Gasteiger partial charge in [0.2, 0.25) is 0 Å². The Kier molecular flexibility index (Phi) is 6.56. The van der Waals surface area contributed by atoms with E-state index >= 15 is 0 Å². The molecule has 1 rings (SSSR count). The predicted octanol–water partition coefficient (Wildman–Crippen LogP) is 2.14. The van der Waals surface area contributed by atoms with E-state index in [9.17, 15) is 14.4 Å².